The number of nitrogens with zero attached hydrogens (tertiary/aromatic N) is 1. The van der Waals surface area contributed by atoms with Gasteiger partial charge in [0.1, 0.15) is 5.78 Å². The Hall–Kier alpha value is -1.19. The Labute approximate surface area is 199 Å². The summed E-state index contributed by atoms with van der Waals surface area (Å²) in [5, 5.41) is 3.75. The minimum Gasteiger partial charge on any atom is -0.350 e. The Morgan fingerprint density at radius 1 is 0.939 bits per heavy atom. The number of hydrogen-bond acceptors (Lipinski definition) is 3. The van der Waals surface area contributed by atoms with Gasteiger partial charge in [0.15, 0.2) is 0 Å². The van der Waals surface area contributed by atoms with Gasteiger partial charge in [-0.3, -0.25) is 14.6 Å². The van der Waals surface area contributed by atoms with Crippen LogP contribution in [0, 0.1) is 52.3 Å². The lowest BCUT2D eigenvalue weighted by atomic mass is 9.49. The average molecular weight is 451 g/mol. The van der Waals surface area contributed by atoms with Gasteiger partial charge in [-0.1, -0.05) is 13.8 Å². The van der Waals surface area contributed by atoms with Crippen molar-refractivity contribution in [3.05, 3.63) is 0 Å². The fraction of sp³-hybridized carbons (Fsp3) is 0.897. The number of carbonyl (C=O) groups is 2. The van der Waals surface area contributed by atoms with E-state index in [4.69, 9.17) is 4.99 Å². The average Bonchev–Trinajstić information content (AvgIpc) is 3.10. The number of fused-ring (bicyclic) bond motifs is 5. The highest BCUT2D eigenvalue weighted by molar-refractivity contribution is 6.07. The molecule has 4 nitrogen and oxygen atoms in total. The van der Waals surface area contributed by atoms with Crippen molar-refractivity contribution < 1.29 is 9.59 Å². The number of Topliss-reactive ketones (excluding diaryl/α,β-unsaturated/α-hetero) is 1. The molecule has 0 saturated heterocycles. The van der Waals surface area contributed by atoms with E-state index in [1.54, 1.807) is 0 Å². The maximum absolute atomic E-state index is 13.9. The van der Waals surface area contributed by atoms with E-state index in [1.165, 1.54) is 63.5 Å². The Morgan fingerprint density at radius 2 is 1.64 bits per heavy atom. The van der Waals surface area contributed by atoms with Crippen LogP contribution in [0.5, 0.6) is 0 Å². The van der Waals surface area contributed by atoms with Gasteiger partial charge in [-0.25, -0.2) is 0 Å². The van der Waals surface area contributed by atoms with Crippen LogP contribution in [0.25, 0.3) is 0 Å². The van der Waals surface area contributed by atoms with Crippen LogP contribution >= 0.6 is 0 Å². The number of hydrogen-bond donors (Lipinski definition) is 1. The molecule has 8 aliphatic rings. The summed E-state index contributed by atoms with van der Waals surface area (Å²) < 4.78 is 0. The summed E-state index contributed by atoms with van der Waals surface area (Å²) in [5.74, 6) is 5.45. The Bertz CT molecular complexity index is 887. The smallest absolute Gasteiger partial charge is 0.224 e. The van der Waals surface area contributed by atoms with E-state index in [0.717, 1.165) is 43.6 Å². The van der Waals surface area contributed by atoms with E-state index in [9.17, 15) is 9.59 Å². The highest BCUT2D eigenvalue weighted by Gasteiger charge is 2.61. The van der Waals surface area contributed by atoms with Crippen molar-refractivity contribution in [3.8, 4) is 0 Å². The van der Waals surface area contributed by atoms with Gasteiger partial charge >= 0.3 is 0 Å². The summed E-state index contributed by atoms with van der Waals surface area (Å²) >= 11 is 0. The molecule has 8 rings (SSSR count). The maximum atomic E-state index is 13.9. The predicted octanol–water partition coefficient (Wildman–Crippen LogP) is 5.34. The molecular weight excluding hydrogens is 408 g/mol. The molecule has 7 saturated carbocycles. The number of rotatable bonds is 2. The second kappa shape index (κ2) is 6.94. The van der Waals surface area contributed by atoms with Gasteiger partial charge in [0.2, 0.25) is 5.91 Å². The van der Waals surface area contributed by atoms with Crippen LogP contribution in [0.1, 0.15) is 97.3 Å². The summed E-state index contributed by atoms with van der Waals surface area (Å²) in [6.07, 6.45) is 15.0. The van der Waals surface area contributed by atoms with Crippen molar-refractivity contribution in [2.75, 3.05) is 6.54 Å². The van der Waals surface area contributed by atoms with Crippen LogP contribution in [0.4, 0.5) is 0 Å². The normalized spacial score (nSPS) is 54.3. The third kappa shape index (κ3) is 2.97. The largest absolute Gasteiger partial charge is 0.350 e. The fourth-order valence-corrected chi connectivity index (χ4v) is 11.2. The summed E-state index contributed by atoms with van der Waals surface area (Å²) in [5.41, 5.74) is 1.58. The standard InChI is InChI=1S/C29H42N2O2/c1-27-8-6-23-21(16-30-25-12-20(32)5-7-28(23,25)2)22(27)3-4-24(27)26(33)31-29-13-17-9-18(14-29)11-19(10-17)15-29/h17-19,21-24H,3-16H2,1-2H3,(H,31,33)/t17?,18?,19?,21-,22-,23+,24?,27-,28+,29?/m0/s1. The first-order valence-electron chi connectivity index (χ1n) is 14.2. The second-order valence-corrected chi connectivity index (χ2v) is 14.2. The van der Waals surface area contributed by atoms with Gasteiger partial charge in [-0.05, 0) is 112 Å². The second-order valence-electron chi connectivity index (χ2n) is 14.2. The highest BCUT2D eigenvalue weighted by Crippen LogP contribution is 2.64. The van der Waals surface area contributed by atoms with Gasteiger partial charge in [0.05, 0.1) is 0 Å². The Balaban J connectivity index is 1.11. The molecule has 0 spiro atoms. The Kier molecular flexibility index (Phi) is 4.44. The quantitative estimate of drug-likeness (QED) is 0.617. The lowest BCUT2D eigenvalue weighted by molar-refractivity contribution is -0.137. The molecule has 1 amide bonds. The molecule has 0 aromatic heterocycles. The van der Waals surface area contributed by atoms with Crippen LogP contribution in [-0.2, 0) is 9.59 Å². The number of carbonyl (C=O) groups excluding carboxylic acids is 2. The topological polar surface area (TPSA) is 58.5 Å². The molecule has 33 heavy (non-hydrogen) atoms. The monoisotopic (exact) mass is 450 g/mol. The first kappa shape index (κ1) is 21.1. The summed E-state index contributed by atoms with van der Waals surface area (Å²) in [6.45, 7) is 5.76. The van der Waals surface area contributed by atoms with Gasteiger partial charge < -0.3 is 5.32 Å². The third-order valence-corrected chi connectivity index (χ3v) is 12.4. The summed E-state index contributed by atoms with van der Waals surface area (Å²) in [7, 11) is 0. The van der Waals surface area contributed by atoms with Gasteiger partial charge in [0.25, 0.3) is 0 Å². The van der Waals surface area contributed by atoms with Crippen molar-refractivity contribution >= 4 is 17.4 Å². The minimum atomic E-state index is 0.123. The summed E-state index contributed by atoms with van der Waals surface area (Å²) in [4.78, 5) is 31.1. The molecule has 0 aromatic carbocycles. The molecule has 1 unspecified atom stereocenters. The van der Waals surface area contributed by atoms with Gasteiger partial charge in [-0.15, -0.1) is 0 Å². The molecule has 0 aromatic rings. The number of aliphatic imine (C=N–C) groups is 1. The Morgan fingerprint density at radius 3 is 2.33 bits per heavy atom. The molecule has 7 fully saturated rings. The van der Waals surface area contributed by atoms with Crippen molar-refractivity contribution in [2.24, 2.45) is 57.2 Å². The van der Waals surface area contributed by atoms with E-state index in [1.807, 2.05) is 0 Å². The third-order valence-electron chi connectivity index (χ3n) is 12.4. The van der Waals surface area contributed by atoms with Crippen LogP contribution < -0.4 is 5.32 Å². The maximum Gasteiger partial charge on any atom is 0.224 e. The first-order chi connectivity index (χ1) is 15.8. The van der Waals surface area contributed by atoms with E-state index in [0.29, 0.717) is 35.9 Å². The predicted molar refractivity (Wildman–Crippen MR) is 129 cm³/mol. The summed E-state index contributed by atoms with van der Waals surface area (Å²) in [6, 6.07) is 0. The van der Waals surface area contributed by atoms with Crippen LogP contribution in [-0.4, -0.2) is 29.5 Å². The van der Waals surface area contributed by atoms with E-state index >= 15 is 0 Å². The van der Waals surface area contributed by atoms with Crippen molar-refractivity contribution in [1.82, 2.24) is 5.32 Å². The molecule has 1 aliphatic heterocycles. The van der Waals surface area contributed by atoms with E-state index < -0.39 is 0 Å². The van der Waals surface area contributed by atoms with Crippen molar-refractivity contribution in [3.63, 3.8) is 0 Å². The van der Waals surface area contributed by atoms with Crippen LogP contribution in [0.15, 0.2) is 4.99 Å². The highest BCUT2D eigenvalue weighted by atomic mass is 16.2. The zero-order chi connectivity index (χ0) is 22.6. The lowest BCUT2D eigenvalue weighted by Gasteiger charge is -2.58. The lowest BCUT2D eigenvalue weighted by Crippen LogP contribution is -2.61. The molecule has 0 radical (unpaired) electrons. The van der Waals surface area contributed by atoms with Crippen LogP contribution in [0.2, 0.25) is 0 Å². The molecule has 4 bridgehead atoms. The van der Waals surface area contributed by atoms with Crippen molar-refractivity contribution in [2.45, 2.75) is 103 Å². The van der Waals surface area contributed by atoms with Crippen LogP contribution in [0.3, 0.4) is 0 Å². The van der Waals surface area contributed by atoms with Crippen molar-refractivity contribution in [1.29, 1.82) is 0 Å². The zero-order valence-electron chi connectivity index (χ0n) is 20.7. The first-order valence-corrected chi connectivity index (χ1v) is 14.2. The minimum absolute atomic E-state index is 0.123. The van der Waals surface area contributed by atoms with E-state index in [-0.39, 0.29) is 22.3 Å². The number of nitrogens with one attached hydrogen (secondary N) is 1. The number of ketones is 1. The molecule has 180 valence electrons. The van der Waals surface area contributed by atoms with Gasteiger partial charge in [-0.2, -0.15) is 0 Å². The van der Waals surface area contributed by atoms with E-state index in [2.05, 4.69) is 19.2 Å². The zero-order valence-corrected chi connectivity index (χ0v) is 20.7. The molecule has 1 heterocycles. The molecule has 7 aliphatic carbocycles. The molecular formula is C29H42N2O2. The number of amides is 1. The molecule has 1 N–H and O–H groups in total. The molecule has 6 atom stereocenters. The SMILES string of the molecule is C[C@]12CCC(=O)CC1=NC[C@@H]1[C@H]2CC[C@]2(C)C(C(=O)NC34CC5CC(CC(C5)C3)C4)CC[C@@H]12. The van der Waals surface area contributed by atoms with Gasteiger partial charge in [0, 0.05) is 42.0 Å². The fourth-order valence-electron chi connectivity index (χ4n) is 11.2. The molecule has 4 heteroatoms.